The third kappa shape index (κ3) is 3.26. The molecule has 0 aliphatic rings. The van der Waals surface area contributed by atoms with Crippen molar-refractivity contribution >= 4 is 21.6 Å². The minimum absolute atomic E-state index is 0.786. The van der Waals surface area contributed by atoms with Crippen LogP contribution in [0.1, 0.15) is 11.1 Å². The highest BCUT2D eigenvalue weighted by molar-refractivity contribution is 9.10. The Kier molecular flexibility index (Phi) is 4.26. The topological polar surface area (TPSA) is 21.3 Å². The van der Waals surface area contributed by atoms with Crippen LogP contribution in [0.15, 0.2) is 46.9 Å². The Morgan fingerprint density at radius 2 is 2.00 bits per heavy atom. The van der Waals surface area contributed by atoms with Gasteiger partial charge in [-0.25, -0.2) is 0 Å². The minimum Gasteiger partial charge on any atom is -0.495 e. The van der Waals surface area contributed by atoms with Gasteiger partial charge in [0.2, 0.25) is 0 Å². The fourth-order valence-corrected chi connectivity index (χ4v) is 2.20. The predicted octanol–water partition coefficient (Wildman–Crippen LogP) is 4.38. The molecule has 0 saturated heterocycles. The molecule has 94 valence electrons. The lowest BCUT2D eigenvalue weighted by atomic mass is 10.1. The van der Waals surface area contributed by atoms with Gasteiger partial charge in [0.05, 0.1) is 12.8 Å². The van der Waals surface area contributed by atoms with Crippen molar-refractivity contribution in [3.63, 3.8) is 0 Å². The van der Waals surface area contributed by atoms with E-state index < -0.39 is 0 Å². The zero-order valence-corrected chi connectivity index (χ0v) is 12.1. The molecule has 0 bridgehead atoms. The smallest absolute Gasteiger partial charge is 0.142 e. The zero-order chi connectivity index (χ0) is 13.0. The second-order valence-corrected chi connectivity index (χ2v) is 5.10. The molecule has 0 unspecified atom stereocenters. The van der Waals surface area contributed by atoms with Gasteiger partial charge in [-0.05, 0) is 30.7 Å². The van der Waals surface area contributed by atoms with E-state index in [1.807, 2.05) is 18.2 Å². The Bertz CT molecular complexity index is 540. The summed E-state index contributed by atoms with van der Waals surface area (Å²) in [6.07, 6.45) is 0. The van der Waals surface area contributed by atoms with Crippen LogP contribution in [0.3, 0.4) is 0 Å². The standard InChI is InChI=1S/C15H16BrNO/c1-11-4-3-5-12(8-11)10-17-14-9-13(16)6-7-15(14)18-2/h3-9,17H,10H2,1-2H3. The molecule has 0 heterocycles. The van der Waals surface area contributed by atoms with E-state index in [1.54, 1.807) is 7.11 Å². The van der Waals surface area contributed by atoms with Crippen molar-refractivity contribution in [3.8, 4) is 5.75 Å². The van der Waals surface area contributed by atoms with Crippen molar-refractivity contribution in [2.45, 2.75) is 13.5 Å². The molecule has 0 amide bonds. The number of nitrogens with one attached hydrogen (secondary N) is 1. The monoisotopic (exact) mass is 305 g/mol. The van der Waals surface area contributed by atoms with Crippen molar-refractivity contribution < 1.29 is 4.74 Å². The summed E-state index contributed by atoms with van der Waals surface area (Å²) in [5.41, 5.74) is 3.53. The lowest BCUT2D eigenvalue weighted by Gasteiger charge is -2.12. The van der Waals surface area contributed by atoms with Crippen molar-refractivity contribution in [2.75, 3.05) is 12.4 Å². The Balaban J connectivity index is 2.12. The summed E-state index contributed by atoms with van der Waals surface area (Å²) in [5.74, 6) is 0.853. The van der Waals surface area contributed by atoms with Crippen LogP contribution in [0.25, 0.3) is 0 Å². The normalized spacial score (nSPS) is 10.2. The number of hydrogen-bond acceptors (Lipinski definition) is 2. The van der Waals surface area contributed by atoms with E-state index in [9.17, 15) is 0 Å². The molecular formula is C15H16BrNO. The fraction of sp³-hybridized carbons (Fsp3) is 0.200. The molecular weight excluding hydrogens is 290 g/mol. The van der Waals surface area contributed by atoms with Gasteiger partial charge >= 0.3 is 0 Å². The van der Waals surface area contributed by atoms with Gasteiger partial charge < -0.3 is 10.1 Å². The second-order valence-electron chi connectivity index (χ2n) is 4.19. The van der Waals surface area contributed by atoms with E-state index in [2.05, 4.69) is 52.4 Å². The molecule has 2 aromatic rings. The van der Waals surface area contributed by atoms with Crippen LogP contribution in [0, 0.1) is 6.92 Å². The molecule has 0 radical (unpaired) electrons. The zero-order valence-electron chi connectivity index (χ0n) is 10.5. The summed E-state index contributed by atoms with van der Waals surface area (Å²) >= 11 is 3.47. The van der Waals surface area contributed by atoms with E-state index in [0.717, 1.165) is 22.5 Å². The molecule has 18 heavy (non-hydrogen) atoms. The first-order valence-electron chi connectivity index (χ1n) is 5.82. The van der Waals surface area contributed by atoms with Gasteiger partial charge in [-0.15, -0.1) is 0 Å². The first-order valence-corrected chi connectivity index (χ1v) is 6.61. The molecule has 0 fully saturated rings. The molecule has 0 aromatic heterocycles. The molecule has 2 nitrogen and oxygen atoms in total. The first-order chi connectivity index (χ1) is 8.69. The number of aryl methyl sites for hydroxylation is 1. The Morgan fingerprint density at radius 1 is 1.17 bits per heavy atom. The highest BCUT2D eigenvalue weighted by atomic mass is 79.9. The van der Waals surface area contributed by atoms with E-state index in [1.165, 1.54) is 11.1 Å². The number of ether oxygens (including phenoxy) is 1. The van der Waals surface area contributed by atoms with Gasteiger partial charge in [-0.2, -0.15) is 0 Å². The maximum absolute atomic E-state index is 5.33. The van der Waals surface area contributed by atoms with Gasteiger partial charge in [0.1, 0.15) is 5.75 Å². The molecule has 0 atom stereocenters. The van der Waals surface area contributed by atoms with Crippen LogP contribution in [0.5, 0.6) is 5.75 Å². The summed E-state index contributed by atoms with van der Waals surface area (Å²) in [4.78, 5) is 0. The van der Waals surface area contributed by atoms with Crippen LogP contribution in [-0.2, 0) is 6.54 Å². The first kappa shape index (κ1) is 13.0. The number of benzene rings is 2. The van der Waals surface area contributed by atoms with Crippen LogP contribution >= 0.6 is 15.9 Å². The summed E-state index contributed by atoms with van der Waals surface area (Å²) in [5, 5.41) is 3.39. The van der Waals surface area contributed by atoms with Gasteiger partial charge in [0.25, 0.3) is 0 Å². The largest absolute Gasteiger partial charge is 0.495 e. The van der Waals surface area contributed by atoms with Crippen molar-refractivity contribution in [1.82, 2.24) is 0 Å². The van der Waals surface area contributed by atoms with Crippen molar-refractivity contribution in [2.24, 2.45) is 0 Å². The number of anilines is 1. The molecule has 1 N–H and O–H groups in total. The maximum atomic E-state index is 5.33. The minimum atomic E-state index is 0.786. The number of rotatable bonds is 4. The Morgan fingerprint density at radius 3 is 2.72 bits per heavy atom. The van der Waals surface area contributed by atoms with Crippen LogP contribution in [-0.4, -0.2) is 7.11 Å². The fourth-order valence-electron chi connectivity index (χ4n) is 1.84. The number of methoxy groups -OCH3 is 1. The molecule has 0 aliphatic carbocycles. The number of halogens is 1. The third-order valence-electron chi connectivity index (χ3n) is 2.73. The predicted molar refractivity (Wildman–Crippen MR) is 79.2 cm³/mol. The average molecular weight is 306 g/mol. The molecule has 2 aromatic carbocycles. The summed E-state index contributed by atoms with van der Waals surface area (Å²) in [7, 11) is 1.68. The van der Waals surface area contributed by atoms with Gasteiger partial charge in [-0.1, -0.05) is 45.8 Å². The van der Waals surface area contributed by atoms with Gasteiger partial charge in [0, 0.05) is 11.0 Å². The van der Waals surface area contributed by atoms with E-state index in [-0.39, 0.29) is 0 Å². The van der Waals surface area contributed by atoms with Gasteiger partial charge in [-0.3, -0.25) is 0 Å². The Hall–Kier alpha value is -1.48. The summed E-state index contributed by atoms with van der Waals surface area (Å²) in [6.45, 7) is 2.89. The van der Waals surface area contributed by atoms with E-state index in [4.69, 9.17) is 4.74 Å². The average Bonchev–Trinajstić information content (AvgIpc) is 2.37. The highest BCUT2D eigenvalue weighted by Gasteiger charge is 2.03. The van der Waals surface area contributed by atoms with E-state index >= 15 is 0 Å². The summed E-state index contributed by atoms with van der Waals surface area (Å²) < 4.78 is 6.37. The van der Waals surface area contributed by atoms with Crippen molar-refractivity contribution in [1.29, 1.82) is 0 Å². The molecule has 0 spiro atoms. The maximum Gasteiger partial charge on any atom is 0.142 e. The Labute approximate surface area is 116 Å². The molecule has 2 rings (SSSR count). The second kappa shape index (κ2) is 5.91. The molecule has 0 aliphatic heterocycles. The third-order valence-corrected chi connectivity index (χ3v) is 3.22. The highest BCUT2D eigenvalue weighted by Crippen LogP contribution is 2.28. The van der Waals surface area contributed by atoms with Crippen LogP contribution in [0.2, 0.25) is 0 Å². The van der Waals surface area contributed by atoms with E-state index in [0.29, 0.717) is 0 Å². The SMILES string of the molecule is COc1ccc(Br)cc1NCc1cccc(C)c1. The molecule has 3 heteroatoms. The number of hydrogen-bond donors (Lipinski definition) is 1. The van der Waals surface area contributed by atoms with Crippen LogP contribution in [0.4, 0.5) is 5.69 Å². The summed E-state index contributed by atoms with van der Waals surface area (Å²) in [6, 6.07) is 14.4. The lowest BCUT2D eigenvalue weighted by molar-refractivity contribution is 0.416. The van der Waals surface area contributed by atoms with Crippen LogP contribution < -0.4 is 10.1 Å². The van der Waals surface area contributed by atoms with Gasteiger partial charge in [0.15, 0.2) is 0 Å². The van der Waals surface area contributed by atoms with Crippen molar-refractivity contribution in [3.05, 3.63) is 58.1 Å². The molecule has 0 saturated carbocycles. The lowest BCUT2D eigenvalue weighted by Crippen LogP contribution is -2.01. The quantitative estimate of drug-likeness (QED) is 0.905.